The molecule has 1 amide bonds. The van der Waals surface area contributed by atoms with Crippen LogP contribution < -0.4 is 10.2 Å². The highest BCUT2D eigenvalue weighted by atomic mass is 35.5. The Bertz CT molecular complexity index is 962. The Labute approximate surface area is 162 Å². The number of ether oxygens (including phenoxy) is 1. The van der Waals surface area contributed by atoms with Crippen molar-refractivity contribution in [3.8, 4) is 0 Å². The number of rotatable bonds is 4. The Kier molecular flexibility index (Phi) is 5.11. The first-order valence-corrected chi connectivity index (χ1v) is 9.41. The van der Waals surface area contributed by atoms with Crippen LogP contribution in [0, 0.1) is 0 Å². The topological polar surface area (TPSA) is 60.6 Å². The third kappa shape index (κ3) is 3.98. The first kappa shape index (κ1) is 18.0. The van der Waals surface area contributed by atoms with Crippen LogP contribution in [0.4, 0.5) is 5.69 Å². The average Bonchev–Trinajstić information content (AvgIpc) is 2.98. The molecule has 0 radical (unpaired) electrons. The van der Waals surface area contributed by atoms with Crippen molar-refractivity contribution in [1.29, 1.82) is 0 Å². The van der Waals surface area contributed by atoms with Crippen molar-refractivity contribution in [2.24, 2.45) is 7.05 Å². The number of carbonyl (C=O) groups is 1. The van der Waals surface area contributed by atoms with E-state index in [1.54, 1.807) is 24.3 Å². The third-order valence-electron chi connectivity index (χ3n) is 4.95. The number of hydrogen-bond acceptors (Lipinski definition) is 3. The molecular formula is C20H22ClN4O2+. The number of nitrogens with one attached hydrogen (secondary N) is 2. The third-order valence-corrected chi connectivity index (χ3v) is 5.20. The number of halogens is 1. The number of aromatic nitrogens is 2. The number of anilines is 1. The molecule has 4 rings (SSSR count). The molecule has 1 aliphatic heterocycles. The van der Waals surface area contributed by atoms with E-state index in [-0.39, 0.29) is 5.91 Å². The largest absolute Gasteiger partial charge is 0.370 e. The Hall–Kier alpha value is -2.41. The normalized spacial score (nSPS) is 15.2. The number of nitrogens with zero attached hydrogens (tertiary/aromatic N) is 2. The zero-order valence-electron chi connectivity index (χ0n) is 15.2. The Morgan fingerprint density at radius 2 is 1.96 bits per heavy atom. The van der Waals surface area contributed by atoms with Crippen LogP contribution in [0.5, 0.6) is 0 Å². The van der Waals surface area contributed by atoms with Crippen LogP contribution in [-0.2, 0) is 18.3 Å². The van der Waals surface area contributed by atoms with Crippen LogP contribution in [0.15, 0.2) is 42.5 Å². The molecule has 27 heavy (non-hydrogen) atoms. The zero-order chi connectivity index (χ0) is 18.8. The molecule has 2 heterocycles. The summed E-state index contributed by atoms with van der Waals surface area (Å²) < 4.78 is 7.55. The number of quaternary nitrogens is 1. The maximum absolute atomic E-state index is 12.4. The molecule has 1 fully saturated rings. The van der Waals surface area contributed by atoms with Crippen molar-refractivity contribution >= 4 is 34.2 Å². The van der Waals surface area contributed by atoms with E-state index in [0.29, 0.717) is 10.6 Å². The second-order valence-corrected chi connectivity index (χ2v) is 7.23. The molecule has 1 aliphatic rings. The lowest BCUT2D eigenvalue weighted by Gasteiger charge is -2.23. The predicted molar refractivity (Wildman–Crippen MR) is 105 cm³/mol. The van der Waals surface area contributed by atoms with E-state index < -0.39 is 0 Å². The van der Waals surface area contributed by atoms with Gasteiger partial charge in [0.25, 0.3) is 5.91 Å². The van der Waals surface area contributed by atoms with Crippen LogP contribution in [-0.4, -0.2) is 41.8 Å². The highest BCUT2D eigenvalue weighted by Crippen LogP contribution is 2.20. The second kappa shape index (κ2) is 7.68. The van der Waals surface area contributed by atoms with Gasteiger partial charge in [-0.3, -0.25) is 4.79 Å². The molecule has 7 heteroatoms. The number of aryl methyl sites for hydroxylation is 1. The molecule has 1 aromatic heterocycles. The first-order chi connectivity index (χ1) is 13.1. The number of fused-ring (bicyclic) bond motifs is 1. The summed E-state index contributed by atoms with van der Waals surface area (Å²) in [4.78, 5) is 18.7. The van der Waals surface area contributed by atoms with Gasteiger partial charge in [-0.15, -0.1) is 0 Å². The highest BCUT2D eigenvalue weighted by molar-refractivity contribution is 6.30. The summed E-state index contributed by atoms with van der Waals surface area (Å²) in [6.45, 7) is 4.50. The number of morpholine rings is 1. The standard InChI is InChI=1S/C20H21ClN4O2/c1-24-18-7-6-16(22-20(26)14-2-4-15(21)5-3-14)12-17(18)23-19(24)13-25-8-10-27-11-9-25/h2-7,12H,8-11,13H2,1H3,(H,22,26)/p+1. The van der Waals surface area contributed by atoms with Gasteiger partial charge in [-0.2, -0.15) is 0 Å². The summed E-state index contributed by atoms with van der Waals surface area (Å²) in [6.07, 6.45) is 0. The van der Waals surface area contributed by atoms with Gasteiger partial charge >= 0.3 is 0 Å². The number of benzene rings is 2. The van der Waals surface area contributed by atoms with E-state index in [9.17, 15) is 4.79 Å². The molecule has 3 aromatic rings. The maximum Gasteiger partial charge on any atom is 0.255 e. The minimum atomic E-state index is -0.167. The van der Waals surface area contributed by atoms with Gasteiger partial charge in [-0.05, 0) is 42.5 Å². The van der Waals surface area contributed by atoms with Crippen molar-refractivity contribution in [3.05, 3.63) is 58.9 Å². The monoisotopic (exact) mass is 385 g/mol. The number of amides is 1. The van der Waals surface area contributed by atoms with Crippen molar-refractivity contribution in [1.82, 2.24) is 9.55 Å². The summed E-state index contributed by atoms with van der Waals surface area (Å²) in [5.41, 5.74) is 3.24. The minimum absolute atomic E-state index is 0.167. The fourth-order valence-corrected chi connectivity index (χ4v) is 3.48. The van der Waals surface area contributed by atoms with Crippen molar-refractivity contribution < 1.29 is 14.4 Å². The molecule has 140 valence electrons. The smallest absolute Gasteiger partial charge is 0.255 e. The fraction of sp³-hybridized carbons (Fsp3) is 0.300. The highest BCUT2D eigenvalue weighted by Gasteiger charge is 2.18. The van der Waals surface area contributed by atoms with Gasteiger partial charge in [0, 0.05) is 23.3 Å². The number of hydrogen-bond donors (Lipinski definition) is 2. The summed E-state index contributed by atoms with van der Waals surface area (Å²) >= 11 is 5.88. The van der Waals surface area contributed by atoms with Crippen LogP contribution in [0.25, 0.3) is 11.0 Å². The van der Waals surface area contributed by atoms with E-state index in [4.69, 9.17) is 21.3 Å². The van der Waals surface area contributed by atoms with Crippen molar-refractivity contribution in [2.75, 3.05) is 31.6 Å². The summed E-state index contributed by atoms with van der Waals surface area (Å²) in [5, 5.41) is 3.53. The number of carbonyl (C=O) groups excluding carboxylic acids is 1. The lowest BCUT2D eigenvalue weighted by molar-refractivity contribution is -0.922. The quantitative estimate of drug-likeness (QED) is 0.721. The molecule has 2 aromatic carbocycles. The van der Waals surface area contributed by atoms with E-state index in [2.05, 4.69) is 9.88 Å². The van der Waals surface area contributed by atoms with Crippen LogP contribution >= 0.6 is 11.6 Å². The molecule has 1 saturated heterocycles. The lowest BCUT2D eigenvalue weighted by atomic mass is 10.2. The Balaban J connectivity index is 1.53. The molecule has 0 bridgehead atoms. The van der Waals surface area contributed by atoms with E-state index in [1.165, 1.54) is 4.90 Å². The molecule has 6 nitrogen and oxygen atoms in total. The second-order valence-electron chi connectivity index (χ2n) is 6.79. The van der Waals surface area contributed by atoms with E-state index in [1.807, 2.05) is 25.2 Å². The van der Waals surface area contributed by atoms with Gasteiger partial charge in [0.15, 0.2) is 5.82 Å². The fourth-order valence-electron chi connectivity index (χ4n) is 3.35. The molecule has 0 unspecified atom stereocenters. The Morgan fingerprint density at radius 3 is 2.70 bits per heavy atom. The zero-order valence-corrected chi connectivity index (χ0v) is 15.9. The summed E-state index contributed by atoms with van der Waals surface area (Å²) in [6, 6.07) is 12.7. The minimum Gasteiger partial charge on any atom is -0.370 e. The van der Waals surface area contributed by atoms with Gasteiger partial charge in [0.1, 0.15) is 19.6 Å². The maximum atomic E-state index is 12.4. The van der Waals surface area contributed by atoms with Gasteiger partial charge < -0.3 is 19.5 Å². The van der Waals surface area contributed by atoms with Crippen LogP contribution in [0.3, 0.4) is 0 Å². The predicted octanol–water partition coefficient (Wildman–Crippen LogP) is 1.89. The van der Waals surface area contributed by atoms with Gasteiger partial charge in [0.2, 0.25) is 0 Å². The van der Waals surface area contributed by atoms with Gasteiger partial charge in [-0.25, -0.2) is 4.98 Å². The molecular weight excluding hydrogens is 364 g/mol. The van der Waals surface area contributed by atoms with Gasteiger partial charge in [-0.1, -0.05) is 11.6 Å². The summed E-state index contributed by atoms with van der Waals surface area (Å²) in [7, 11) is 2.04. The van der Waals surface area contributed by atoms with E-state index >= 15 is 0 Å². The van der Waals surface area contributed by atoms with E-state index in [0.717, 1.165) is 55.4 Å². The van der Waals surface area contributed by atoms with Crippen molar-refractivity contribution in [2.45, 2.75) is 6.54 Å². The average molecular weight is 386 g/mol. The summed E-state index contributed by atoms with van der Waals surface area (Å²) in [5.74, 6) is 0.878. The molecule has 0 spiro atoms. The van der Waals surface area contributed by atoms with Crippen LogP contribution in [0.2, 0.25) is 5.02 Å². The molecule has 0 aliphatic carbocycles. The number of imidazole rings is 1. The molecule has 0 saturated carbocycles. The van der Waals surface area contributed by atoms with Crippen molar-refractivity contribution in [3.63, 3.8) is 0 Å². The molecule has 0 atom stereocenters. The van der Waals surface area contributed by atoms with Gasteiger partial charge in [0.05, 0.1) is 24.2 Å². The lowest BCUT2D eigenvalue weighted by Crippen LogP contribution is -3.12. The SMILES string of the molecule is Cn1c(C[NH+]2CCOCC2)nc2cc(NC(=O)c3ccc(Cl)cc3)ccc21. The molecule has 2 N–H and O–H groups in total. The Morgan fingerprint density at radius 1 is 1.22 bits per heavy atom. The first-order valence-electron chi connectivity index (χ1n) is 9.04. The van der Waals surface area contributed by atoms with Crippen LogP contribution in [0.1, 0.15) is 16.2 Å².